The van der Waals surface area contributed by atoms with Crippen LogP contribution in [0.1, 0.15) is 42.9 Å². The summed E-state index contributed by atoms with van der Waals surface area (Å²) >= 11 is 0. The summed E-state index contributed by atoms with van der Waals surface area (Å²) < 4.78 is 29.9. The number of hydrogen-bond donors (Lipinski definition) is 2. The quantitative estimate of drug-likeness (QED) is 0.839. The fourth-order valence-electron chi connectivity index (χ4n) is 3.30. The molecule has 2 N–H and O–H groups in total. The number of aliphatic hydroxyl groups excluding tert-OH is 1. The van der Waals surface area contributed by atoms with Crippen molar-refractivity contribution in [1.82, 2.24) is 9.78 Å². The minimum Gasteiger partial charge on any atom is -0.396 e. The van der Waals surface area contributed by atoms with Crippen LogP contribution in [0.25, 0.3) is 0 Å². The highest BCUT2D eigenvalue weighted by atomic mass is 32.2. The van der Waals surface area contributed by atoms with Crippen molar-refractivity contribution in [3.8, 4) is 0 Å². The first-order valence-corrected chi connectivity index (χ1v) is 9.74. The summed E-state index contributed by atoms with van der Waals surface area (Å²) in [6, 6.07) is 7.11. The fraction of sp³-hybridized carbons (Fsp3) is 0.471. The molecule has 1 aromatic carbocycles. The SMILES string of the molecule is Cn1cc(S(=O)(=O)Nc2cccc(CCO)c2)c(C2CCCC2)n1. The molecule has 7 heteroatoms. The molecular formula is C17H23N3O3S. The van der Waals surface area contributed by atoms with E-state index in [0.717, 1.165) is 31.2 Å². The van der Waals surface area contributed by atoms with Crippen LogP contribution in [0, 0.1) is 0 Å². The van der Waals surface area contributed by atoms with Gasteiger partial charge in [0.2, 0.25) is 0 Å². The third-order valence-corrected chi connectivity index (χ3v) is 5.83. The number of aromatic nitrogens is 2. The molecule has 130 valence electrons. The molecule has 0 amide bonds. The summed E-state index contributed by atoms with van der Waals surface area (Å²) in [6.07, 6.45) is 6.30. The lowest BCUT2D eigenvalue weighted by molar-refractivity contribution is 0.299. The van der Waals surface area contributed by atoms with Gasteiger partial charge in [-0.2, -0.15) is 5.10 Å². The molecule has 1 heterocycles. The Hall–Kier alpha value is -1.86. The average molecular weight is 349 g/mol. The van der Waals surface area contributed by atoms with Crippen molar-refractivity contribution in [2.75, 3.05) is 11.3 Å². The zero-order chi connectivity index (χ0) is 17.2. The monoisotopic (exact) mass is 349 g/mol. The fourth-order valence-corrected chi connectivity index (χ4v) is 4.62. The molecule has 1 saturated carbocycles. The van der Waals surface area contributed by atoms with Gasteiger partial charge in [0.25, 0.3) is 10.0 Å². The number of benzene rings is 1. The van der Waals surface area contributed by atoms with Gasteiger partial charge >= 0.3 is 0 Å². The molecule has 1 fully saturated rings. The first-order valence-electron chi connectivity index (χ1n) is 8.26. The summed E-state index contributed by atoms with van der Waals surface area (Å²) in [7, 11) is -1.94. The lowest BCUT2D eigenvalue weighted by atomic mass is 10.1. The van der Waals surface area contributed by atoms with Crippen LogP contribution in [0.5, 0.6) is 0 Å². The van der Waals surface area contributed by atoms with Crippen molar-refractivity contribution in [3.05, 3.63) is 41.7 Å². The van der Waals surface area contributed by atoms with Gasteiger partial charge < -0.3 is 5.11 Å². The second-order valence-electron chi connectivity index (χ2n) is 6.31. The molecule has 0 atom stereocenters. The molecule has 6 nitrogen and oxygen atoms in total. The van der Waals surface area contributed by atoms with E-state index in [4.69, 9.17) is 5.11 Å². The molecule has 0 bridgehead atoms. The standard InChI is InChI=1S/C17H23N3O3S/c1-20-12-16(17(18-20)14-6-2-3-7-14)24(22,23)19-15-8-4-5-13(11-15)9-10-21/h4-5,8,11-12,14,19,21H,2-3,6-7,9-10H2,1H3. The lowest BCUT2D eigenvalue weighted by Crippen LogP contribution is -2.15. The molecule has 0 aliphatic heterocycles. The Labute approximate surface area is 142 Å². The average Bonchev–Trinajstić information content (AvgIpc) is 3.16. The van der Waals surface area contributed by atoms with E-state index in [-0.39, 0.29) is 17.4 Å². The molecule has 1 aliphatic rings. The number of anilines is 1. The zero-order valence-electron chi connectivity index (χ0n) is 13.8. The number of aryl methyl sites for hydroxylation is 1. The van der Waals surface area contributed by atoms with E-state index in [9.17, 15) is 8.42 Å². The van der Waals surface area contributed by atoms with Gasteiger partial charge in [0.15, 0.2) is 0 Å². The Kier molecular flexibility index (Phi) is 4.91. The van der Waals surface area contributed by atoms with Gasteiger partial charge in [-0.05, 0) is 37.0 Å². The number of nitrogens with one attached hydrogen (secondary N) is 1. The van der Waals surface area contributed by atoms with Crippen molar-refractivity contribution in [2.24, 2.45) is 7.05 Å². The van der Waals surface area contributed by atoms with E-state index < -0.39 is 10.0 Å². The van der Waals surface area contributed by atoms with E-state index in [1.54, 1.807) is 36.1 Å². The van der Waals surface area contributed by atoms with Crippen LogP contribution in [-0.4, -0.2) is 29.9 Å². The van der Waals surface area contributed by atoms with Crippen LogP contribution in [0.3, 0.4) is 0 Å². The van der Waals surface area contributed by atoms with Crippen molar-refractivity contribution in [1.29, 1.82) is 0 Å². The van der Waals surface area contributed by atoms with E-state index in [1.807, 2.05) is 6.07 Å². The van der Waals surface area contributed by atoms with E-state index in [2.05, 4.69) is 9.82 Å². The molecule has 24 heavy (non-hydrogen) atoms. The zero-order valence-corrected chi connectivity index (χ0v) is 14.6. The van der Waals surface area contributed by atoms with E-state index in [1.165, 1.54) is 0 Å². The number of sulfonamides is 1. The Bertz CT molecular complexity index is 808. The summed E-state index contributed by atoms with van der Waals surface area (Å²) in [5, 5.41) is 13.4. The maximum absolute atomic E-state index is 12.8. The molecule has 1 aromatic heterocycles. The number of rotatable bonds is 6. The predicted octanol–water partition coefficient (Wildman–Crippen LogP) is 2.41. The van der Waals surface area contributed by atoms with Crippen LogP contribution in [0.2, 0.25) is 0 Å². The summed E-state index contributed by atoms with van der Waals surface area (Å²) in [5.41, 5.74) is 2.07. The number of nitrogens with zero attached hydrogens (tertiary/aromatic N) is 2. The Morgan fingerprint density at radius 3 is 2.79 bits per heavy atom. The van der Waals surface area contributed by atoms with Gasteiger partial charge in [0.1, 0.15) is 4.90 Å². The van der Waals surface area contributed by atoms with Crippen molar-refractivity contribution < 1.29 is 13.5 Å². The largest absolute Gasteiger partial charge is 0.396 e. The number of hydrogen-bond acceptors (Lipinski definition) is 4. The van der Waals surface area contributed by atoms with Gasteiger partial charge in [-0.1, -0.05) is 25.0 Å². The van der Waals surface area contributed by atoms with Crippen LogP contribution in [-0.2, 0) is 23.5 Å². The minimum atomic E-state index is -3.69. The smallest absolute Gasteiger partial charge is 0.265 e. The summed E-state index contributed by atoms with van der Waals surface area (Å²) in [6.45, 7) is 0.0324. The maximum Gasteiger partial charge on any atom is 0.265 e. The highest BCUT2D eigenvalue weighted by Gasteiger charge is 2.29. The third kappa shape index (κ3) is 3.62. The van der Waals surface area contributed by atoms with Gasteiger partial charge in [-0.15, -0.1) is 0 Å². The summed E-state index contributed by atoms with van der Waals surface area (Å²) in [5.74, 6) is 0.221. The Balaban J connectivity index is 1.89. The van der Waals surface area contributed by atoms with Gasteiger partial charge in [-0.3, -0.25) is 9.40 Å². The first-order chi connectivity index (χ1) is 11.5. The molecule has 1 aliphatic carbocycles. The van der Waals surface area contributed by atoms with Crippen LogP contribution >= 0.6 is 0 Å². The second kappa shape index (κ2) is 6.94. The minimum absolute atomic E-state index is 0.0324. The van der Waals surface area contributed by atoms with E-state index >= 15 is 0 Å². The Morgan fingerprint density at radius 1 is 1.33 bits per heavy atom. The predicted molar refractivity (Wildman–Crippen MR) is 92.5 cm³/mol. The van der Waals surface area contributed by atoms with Crippen LogP contribution in [0.15, 0.2) is 35.4 Å². The second-order valence-corrected chi connectivity index (χ2v) is 7.96. The molecule has 0 unspecified atom stereocenters. The van der Waals surface area contributed by atoms with Crippen molar-refractivity contribution in [2.45, 2.75) is 42.9 Å². The van der Waals surface area contributed by atoms with E-state index in [0.29, 0.717) is 17.8 Å². The summed E-state index contributed by atoms with van der Waals surface area (Å²) in [4.78, 5) is 0.268. The van der Waals surface area contributed by atoms with Gasteiger partial charge in [-0.25, -0.2) is 8.42 Å². The van der Waals surface area contributed by atoms with Crippen LogP contribution < -0.4 is 4.72 Å². The first kappa shape index (κ1) is 17.0. The van der Waals surface area contributed by atoms with Crippen molar-refractivity contribution >= 4 is 15.7 Å². The van der Waals surface area contributed by atoms with Gasteiger partial charge in [0, 0.05) is 31.5 Å². The third-order valence-electron chi connectivity index (χ3n) is 4.43. The molecule has 0 saturated heterocycles. The topological polar surface area (TPSA) is 84.2 Å². The highest BCUT2D eigenvalue weighted by Crippen LogP contribution is 2.36. The molecule has 2 aromatic rings. The lowest BCUT2D eigenvalue weighted by Gasteiger charge is -2.12. The molecule has 0 radical (unpaired) electrons. The molecular weight excluding hydrogens is 326 g/mol. The normalized spacial score (nSPS) is 15.8. The number of aliphatic hydroxyl groups is 1. The maximum atomic E-state index is 12.8. The molecule has 3 rings (SSSR count). The highest BCUT2D eigenvalue weighted by molar-refractivity contribution is 7.92. The van der Waals surface area contributed by atoms with Crippen molar-refractivity contribution in [3.63, 3.8) is 0 Å². The molecule has 0 spiro atoms. The van der Waals surface area contributed by atoms with Gasteiger partial charge in [0.05, 0.1) is 5.69 Å². The van der Waals surface area contributed by atoms with Crippen LogP contribution in [0.4, 0.5) is 5.69 Å². The Morgan fingerprint density at radius 2 is 2.08 bits per heavy atom.